The van der Waals surface area contributed by atoms with Gasteiger partial charge in [-0.05, 0) is 114 Å². The third-order valence-electron chi connectivity index (χ3n) is 5.75. The Labute approximate surface area is 258 Å². The fourth-order valence-corrected chi connectivity index (χ4v) is 7.38. The molecule has 1 atom stereocenters. The highest BCUT2D eigenvalue weighted by Gasteiger charge is 2.33. The lowest BCUT2D eigenvalue weighted by molar-refractivity contribution is -0.139. The molecule has 0 bridgehead atoms. The Kier molecular flexibility index (Phi) is 9.70. The molecule has 0 saturated carbocycles. The summed E-state index contributed by atoms with van der Waals surface area (Å²) in [6, 6.07) is 10.7. The highest BCUT2D eigenvalue weighted by atomic mass is 127. The summed E-state index contributed by atoms with van der Waals surface area (Å²) in [6.45, 7) is 11.8. The van der Waals surface area contributed by atoms with Gasteiger partial charge in [-0.1, -0.05) is 36.1 Å². The molecule has 0 fully saturated rings. The second kappa shape index (κ2) is 12.8. The van der Waals surface area contributed by atoms with Crippen molar-refractivity contribution < 1.29 is 19.0 Å². The number of rotatable bonds is 9. The SMILES string of the molecule is C=CCOc1c(I)cc(/C=c2\sc3n(c2=O)[C@@H](c2ccc(OC(C)C)cc2)C(C(=O)OCC)=C(C)N=3)cc1I. The molecule has 0 N–H and O–H groups in total. The van der Waals surface area contributed by atoms with E-state index in [2.05, 4.69) is 56.8 Å². The summed E-state index contributed by atoms with van der Waals surface area (Å²) in [5, 5.41) is 0. The number of aromatic nitrogens is 1. The van der Waals surface area contributed by atoms with Crippen LogP contribution in [0, 0.1) is 7.14 Å². The molecular weight excluding hydrogens is 742 g/mol. The van der Waals surface area contributed by atoms with Crippen LogP contribution in [0.15, 0.2) is 70.1 Å². The Bertz CT molecular complexity index is 1600. The predicted octanol–water partition coefficient (Wildman–Crippen LogP) is 5.36. The summed E-state index contributed by atoms with van der Waals surface area (Å²) < 4.78 is 20.9. The summed E-state index contributed by atoms with van der Waals surface area (Å²) in [7, 11) is 0. The van der Waals surface area contributed by atoms with E-state index >= 15 is 0 Å². The number of allylic oxidation sites excluding steroid dienone is 1. The Morgan fingerprint density at radius 1 is 1.21 bits per heavy atom. The Morgan fingerprint density at radius 3 is 2.46 bits per heavy atom. The molecule has 10 heteroatoms. The standard InChI is InChI=1S/C29H28I2N2O5S/c1-6-12-37-26-21(30)13-18(14-22(26)31)15-23-27(34)33-25(19-8-10-20(11-9-19)38-16(3)4)24(28(35)36-7-2)17(5)32-29(33)39-23/h6,8-11,13-16,25H,1,7,12H2,2-5H3/b23-15-/t25-/m0/s1. The minimum Gasteiger partial charge on any atom is -0.491 e. The van der Waals surface area contributed by atoms with E-state index in [-0.39, 0.29) is 18.3 Å². The first-order valence-electron chi connectivity index (χ1n) is 12.3. The van der Waals surface area contributed by atoms with Crippen LogP contribution >= 0.6 is 56.5 Å². The first-order valence-corrected chi connectivity index (χ1v) is 15.3. The fourth-order valence-electron chi connectivity index (χ4n) is 4.20. The van der Waals surface area contributed by atoms with E-state index < -0.39 is 12.0 Å². The van der Waals surface area contributed by atoms with Gasteiger partial charge in [-0.3, -0.25) is 9.36 Å². The van der Waals surface area contributed by atoms with Gasteiger partial charge in [0.15, 0.2) is 4.80 Å². The first-order chi connectivity index (χ1) is 18.6. The van der Waals surface area contributed by atoms with Crippen LogP contribution in [0.4, 0.5) is 0 Å². The quantitative estimate of drug-likeness (QED) is 0.167. The number of esters is 1. The van der Waals surface area contributed by atoms with Gasteiger partial charge in [-0.2, -0.15) is 0 Å². The highest BCUT2D eigenvalue weighted by Crippen LogP contribution is 2.32. The van der Waals surface area contributed by atoms with E-state index in [1.54, 1.807) is 24.5 Å². The number of carbonyl (C=O) groups is 1. The molecule has 2 heterocycles. The summed E-state index contributed by atoms with van der Waals surface area (Å²) in [6.07, 6.45) is 3.58. The van der Waals surface area contributed by atoms with Crippen molar-refractivity contribution in [2.75, 3.05) is 13.2 Å². The molecule has 4 rings (SSSR count). The Hall–Kier alpha value is -2.45. The van der Waals surface area contributed by atoms with Crippen LogP contribution in [-0.4, -0.2) is 29.9 Å². The molecule has 0 spiro atoms. The van der Waals surface area contributed by atoms with Gasteiger partial charge in [0, 0.05) is 0 Å². The van der Waals surface area contributed by atoms with Gasteiger partial charge < -0.3 is 14.2 Å². The topological polar surface area (TPSA) is 79.1 Å². The average Bonchev–Trinajstić information content (AvgIpc) is 3.17. The number of nitrogens with zero attached hydrogens (tertiary/aromatic N) is 2. The van der Waals surface area contributed by atoms with Gasteiger partial charge in [0.1, 0.15) is 18.1 Å². The summed E-state index contributed by atoms with van der Waals surface area (Å²) in [5.41, 5.74) is 2.29. The zero-order valence-corrected chi connectivity index (χ0v) is 27.1. The van der Waals surface area contributed by atoms with Crippen molar-refractivity contribution in [3.8, 4) is 11.5 Å². The van der Waals surface area contributed by atoms with Crippen molar-refractivity contribution in [2.45, 2.75) is 39.8 Å². The Morgan fingerprint density at radius 2 is 1.87 bits per heavy atom. The summed E-state index contributed by atoms with van der Waals surface area (Å²) in [4.78, 5) is 32.1. The average molecular weight is 770 g/mol. The Balaban J connectivity index is 1.86. The number of halogens is 2. The third-order valence-corrected chi connectivity index (χ3v) is 8.33. The van der Waals surface area contributed by atoms with Crippen LogP contribution in [0.5, 0.6) is 11.5 Å². The summed E-state index contributed by atoms with van der Waals surface area (Å²) >= 11 is 5.75. The lowest BCUT2D eigenvalue weighted by Crippen LogP contribution is -2.39. The molecular formula is C29H28I2N2O5S. The zero-order valence-electron chi connectivity index (χ0n) is 22.0. The number of benzene rings is 2. The molecule has 1 aliphatic rings. The van der Waals surface area contributed by atoms with Crippen molar-refractivity contribution in [1.82, 2.24) is 4.57 Å². The van der Waals surface area contributed by atoms with Crippen LogP contribution in [0.1, 0.15) is 44.9 Å². The second-order valence-corrected chi connectivity index (χ2v) is 12.3. The number of hydrogen-bond donors (Lipinski definition) is 0. The van der Waals surface area contributed by atoms with E-state index in [0.717, 1.165) is 24.0 Å². The van der Waals surface area contributed by atoms with Crippen LogP contribution in [0.25, 0.3) is 6.08 Å². The van der Waals surface area contributed by atoms with E-state index in [4.69, 9.17) is 14.2 Å². The normalized spacial score (nSPS) is 15.2. The molecule has 39 heavy (non-hydrogen) atoms. The van der Waals surface area contributed by atoms with E-state index in [9.17, 15) is 9.59 Å². The van der Waals surface area contributed by atoms with Crippen LogP contribution in [0.2, 0.25) is 0 Å². The highest BCUT2D eigenvalue weighted by molar-refractivity contribution is 14.1. The van der Waals surface area contributed by atoms with Crippen molar-refractivity contribution in [2.24, 2.45) is 4.99 Å². The molecule has 1 aliphatic heterocycles. The maximum absolute atomic E-state index is 13.9. The predicted molar refractivity (Wildman–Crippen MR) is 170 cm³/mol. The number of carbonyl (C=O) groups excluding carboxylic acids is 1. The molecule has 1 aromatic heterocycles. The van der Waals surface area contributed by atoms with Gasteiger partial charge in [0.05, 0.1) is 41.7 Å². The van der Waals surface area contributed by atoms with E-state index in [1.165, 1.54) is 11.3 Å². The smallest absolute Gasteiger partial charge is 0.338 e. The molecule has 3 aromatic rings. The van der Waals surface area contributed by atoms with Crippen LogP contribution in [-0.2, 0) is 9.53 Å². The third kappa shape index (κ3) is 6.49. The number of fused-ring (bicyclic) bond motifs is 1. The van der Waals surface area contributed by atoms with Gasteiger partial charge in [0.25, 0.3) is 5.56 Å². The molecule has 204 valence electrons. The number of thiazole rings is 1. The molecule has 0 radical (unpaired) electrons. The zero-order chi connectivity index (χ0) is 28.3. The monoisotopic (exact) mass is 770 g/mol. The van der Waals surface area contributed by atoms with Crippen LogP contribution in [0.3, 0.4) is 0 Å². The summed E-state index contributed by atoms with van der Waals surface area (Å²) in [5.74, 6) is 1.01. The van der Waals surface area contributed by atoms with Gasteiger partial charge in [-0.15, -0.1) is 0 Å². The van der Waals surface area contributed by atoms with E-state index in [0.29, 0.717) is 33.0 Å². The molecule has 0 unspecified atom stereocenters. The molecule has 0 amide bonds. The minimum atomic E-state index is -0.675. The van der Waals surface area contributed by atoms with E-state index in [1.807, 2.05) is 56.3 Å². The van der Waals surface area contributed by atoms with Crippen molar-refractivity contribution in [1.29, 1.82) is 0 Å². The van der Waals surface area contributed by atoms with Crippen molar-refractivity contribution in [3.05, 3.63) is 98.3 Å². The molecule has 7 nitrogen and oxygen atoms in total. The fraction of sp³-hybridized carbons (Fsp3) is 0.276. The largest absolute Gasteiger partial charge is 0.491 e. The number of hydrogen-bond acceptors (Lipinski definition) is 7. The lowest BCUT2D eigenvalue weighted by atomic mass is 9.96. The minimum absolute atomic E-state index is 0.0273. The first kappa shape index (κ1) is 29.5. The molecule has 2 aromatic carbocycles. The van der Waals surface area contributed by atoms with Crippen molar-refractivity contribution >= 4 is 68.6 Å². The maximum atomic E-state index is 13.9. The van der Waals surface area contributed by atoms with Crippen molar-refractivity contribution in [3.63, 3.8) is 0 Å². The van der Waals surface area contributed by atoms with Gasteiger partial charge in [-0.25, -0.2) is 9.79 Å². The second-order valence-electron chi connectivity index (χ2n) is 8.95. The van der Waals surface area contributed by atoms with Gasteiger partial charge >= 0.3 is 5.97 Å². The van der Waals surface area contributed by atoms with Gasteiger partial charge in [0.2, 0.25) is 0 Å². The lowest BCUT2D eigenvalue weighted by Gasteiger charge is -2.25. The molecule has 0 aliphatic carbocycles. The molecule has 0 saturated heterocycles. The van der Waals surface area contributed by atoms with Crippen LogP contribution < -0.4 is 24.4 Å². The maximum Gasteiger partial charge on any atom is 0.338 e. The number of ether oxygens (including phenoxy) is 3.